The minimum Gasteiger partial charge on any atom is -0.494 e. The number of allylic oxidation sites excluding steroid dienone is 1. The quantitative estimate of drug-likeness (QED) is 0.134. The largest absolute Gasteiger partial charge is 0.494 e. The molecule has 0 unspecified atom stereocenters. The number of rotatable bonds is 17. The molecule has 0 N–H and O–H groups in total. The van der Waals surface area contributed by atoms with Crippen LogP contribution in [0.5, 0.6) is 11.5 Å². The highest BCUT2D eigenvalue weighted by atomic mass is 16.5. The molecule has 0 aliphatic heterocycles. The smallest absolute Gasteiger partial charge is 0.309 e. The lowest BCUT2D eigenvalue weighted by atomic mass is 10.1. The molecular weight excluding hydrogens is 424 g/mol. The van der Waals surface area contributed by atoms with Crippen LogP contribution in [0.4, 0.5) is 0 Å². The molecule has 0 saturated heterocycles. The van der Waals surface area contributed by atoms with Gasteiger partial charge in [-0.05, 0) is 81.3 Å². The molecule has 2 aromatic carbocycles. The Labute approximate surface area is 206 Å². The first kappa shape index (κ1) is 27.5. The van der Waals surface area contributed by atoms with E-state index in [1.807, 2.05) is 44.2 Å². The standard InChI is InChI=1S/C30H42O4/c1-4-6-7-10-21-32-28-17-13-26(14-18-28)27-15-19-29(20-16-27)33-22-11-8-9-12-23-34-30(31)24-25(3)5-2/h5,13-20H,4,6-12,21-24H2,1-3H3. The number of esters is 1. The van der Waals surface area contributed by atoms with Gasteiger partial charge in [-0.2, -0.15) is 0 Å². The van der Waals surface area contributed by atoms with Crippen molar-refractivity contribution in [1.82, 2.24) is 0 Å². The third-order valence-corrected chi connectivity index (χ3v) is 5.80. The fraction of sp³-hybridized carbons (Fsp3) is 0.500. The highest BCUT2D eigenvalue weighted by Gasteiger charge is 2.03. The molecule has 4 nitrogen and oxygen atoms in total. The van der Waals surface area contributed by atoms with Gasteiger partial charge in [0.05, 0.1) is 26.2 Å². The lowest BCUT2D eigenvalue weighted by Gasteiger charge is -2.09. The van der Waals surface area contributed by atoms with Crippen LogP contribution in [0.2, 0.25) is 0 Å². The van der Waals surface area contributed by atoms with Gasteiger partial charge < -0.3 is 14.2 Å². The van der Waals surface area contributed by atoms with E-state index in [0.29, 0.717) is 19.6 Å². The molecule has 2 aromatic rings. The summed E-state index contributed by atoms with van der Waals surface area (Å²) in [5.41, 5.74) is 3.39. The van der Waals surface area contributed by atoms with Gasteiger partial charge in [0.1, 0.15) is 11.5 Å². The summed E-state index contributed by atoms with van der Waals surface area (Å²) < 4.78 is 17.0. The molecule has 0 spiro atoms. The van der Waals surface area contributed by atoms with Crippen LogP contribution >= 0.6 is 0 Å². The Bertz CT molecular complexity index is 837. The molecule has 0 radical (unpaired) electrons. The minimum absolute atomic E-state index is 0.135. The summed E-state index contributed by atoms with van der Waals surface area (Å²) in [6.45, 7) is 8.09. The van der Waals surface area contributed by atoms with Gasteiger partial charge in [0, 0.05) is 0 Å². The summed E-state index contributed by atoms with van der Waals surface area (Å²) in [6, 6.07) is 16.6. The molecule has 0 heterocycles. The van der Waals surface area contributed by atoms with Gasteiger partial charge in [0.25, 0.3) is 0 Å². The zero-order valence-corrected chi connectivity index (χ0v) is 21.3. The average molecular weight is 467 g/mol. The van der Waals surface area contributed by atoms with Crippen LogP contribution in [0.3, 0.4) is 0 Å². The number of carbonyl (C=O) groups excluding carboxylic acids is 1. The van der Waals surface area contributed by atoms with Crippen LogP contribution in [0.1, 0.15) is 78.6 Å². The first-order valence-electron chi connectivity index (χ1n) is 12.9. The maximum Gasteiger partial charge on any atom is 0.309 e. The van der Waals surface area contributed by atoms with E-state index in [1.165, 1.54) is 30.4 Å². The van der Waals surface area contributed by atoms with Crippen LogP contribution in [0.15, 0.2) is 60.2 Å². The van der Waals surface area contributed by atoms with Crippen LogP contribution < -0.4 is 9.47 Å². The Hall–Kier alpha value is -2.75. The van der Waals surface area contributed by atoms with E-state index in [4.69, 9.17) is 14.2 Å². The van der Waals surface area contributed by atoms with Crippen molar-refractivity contribution in [3.05, 3.63) is 60.2 Å². The van der Waals surface area contributed by atoms with Crippen molar-refractivity contribution >= 4 is 5.97 Å². The zero-order chi connectivity index (χ0) is 24.4. The second-order valence-corrected chi connectivity index (χ2v) is 8.75. The molecule has 0 bridgehead atoms. The third-order valence-electron chi connectivity index (χ3n) is 5.80. The summed E-state index contributed by atoms with van der Waals surface area (Å²) in [4.78, 5) is 11.6. The third kappa shape index (κ3) is 11.4. The van der Waals surface area contributed by atoms with Crippen LogP contribution in [0, 0.1) is 0 Å². The molecule has 0 amide bonds. The Balaban J connectivity index is 1.59. The van der Waals surface area contributed by atoms with E-state index in [-0.39, 0.29) is 5.97 Å². The van der Waals surface area contributed by atoms with E-state index in [0.717, 1.165) is 55.8 Å². The number of ether oxygens (including phenoxy) is 3. The number of benzene rings is 2. The molecule has 2 rings (SSSR count). The molecule has 0 aliphatic rings. The van der Waals surface area contributed by atoms with Crippen molar-refractivity contribution < 1.29 is 19.0 Å². The number of carbonyl (C=O) groups is 1. The van der Waals surface area contributed by atoms with Gasteiger partial charge in [-0.15, -0.1) is 0 Å². The van der Waals surface area contributed by atoms with E-state index < -0.39 is 0 Å². The monoisotopic (exact) mass is 466 g/mol. The van der Waals surface area contributed by atoms with Crippen molar-refractivity contribution in [3.8, 4) is 22.6 Å². The Morgan fingerprint density at radius 1 is 0.706 bits per heavy atom. The Morgan fingerprint density at radius 2 is 1.18 bits per heavy atom. The molecule has 0 fully saturated rings. The second kappa shape index (κ2) is 16.8. The molecule has 0 aromatic heterocycles. The molecule has 4 heteroatoms. The number of hydrogen-bond acceptors (Lipinski definition) is 4. The lowest BCUT2D eigenvalue weighted by molar-refractivity contribution is -0.142. The first-order chi connectivity index (χ1) is 16.6. The molecule has 0 atom stereocenters. The fourth-order valence-corrected chi connectivity index (χ4v) is 3.52. The first-order valence-corrected chi connectivity index (χ1v) is 12.9. The van der Waals surface area contributed by atoms with Crippen molar-refractivity contribution in [2.75, 3.05) is 19.8 Å². The SMILES string of the molecule is CC=C(C)CC(=O)OCCCCCCOc1ccc(-c2ccc(OCCCCCC)cc2)cc1. The van der Waals surface area contributed by atoms with E-state index in [9.17, 15) is 4.79 Å². The Kier molecular flexibility index (Phi) is 13.6. The average Bonchev–Trinajstić information content (AvgIpc) is 2.86. The van der Waals surface area contributed by atoms with Crippen molar-refractivity contribution in [3.63, 3.8) is 0 Å². The van der Waals surface area contributed by atoms with Crippen LogP contribution in [0.25, 0.3) is 11.1 Å². The predicted octanol–water partition coefficient (Wildman–Crippen LogP) is 8.15. The molecule has 0 saturated carbocycles. The molecule has 34 heavy (non-hydrogen) atoms. The zero-order valence-electron chi connectivity index (χ0n) is 21.3. The van der Waals surface area contributed by atoms with Gasteiger partial charge in [0.15, 0.2) is 0 Å². The maximum atomic E-state index is 11.6. The minimum atomic E-state index is -0.135. The summed E-state index contributed by atoms with van der Waals surface area (Å²) >= 11 is 0. The molecule has 186 valence electrons. The normalized spacial score (nSPS) is 11.3. The molecular formula is C30H42O4. The van der Waals surface area contributed by atoms with Crippen molar-refractivity contribution in [2.24, 2.45) is 0 Å². The van der Waals surface area contributed by atoms with Gasteiger partial charge in [0.2, 0.25) is 0 Å². The summed E-state index contributed by atoms with van der Waals surface area (Å²) in [7, 11) is 0. The summed E-state index contributed by atoms with van der Waals surface area (Å²) in [6.07, 6.45) is 11.2. The highest BCUT2D eigenvalue weighted by Crippen LogP contribution is 2.25. The van der Waals surface area contributed by atoms with E-state index in [2.05, 4.69) is 31.2 Å². The number of hydrogen-bond donors (Lipinski definition) is 0. The topological polar surface area (TPSA) is 44.8 Å². The maximum absolute atomic E-state index is 11.6. The highest BCUT2D eigenvalue weighted by molar-refractivity contribution is 5.72. The van der Waals surface area contributed by atoms with Gasteiger partial charge >= 0.3 is 5.97 Å². The number of unbranched alkanes of at least 4 members (excludes halogenated alkanes) is 6. The van der Waals surface area contributed by atoms with Crippen molar-refractivity contribution in [2.45, 2.75) is 78.6 Å². The van der Waals surface area contributed by atoms with Gasteiger partial charge in [-0.3, -0.25) is 4.79 Å². The van der Waals surface area contributed by atoms with Gasteiger partial charge in [-0.25, -0.2) is 0 Å². The summed E-state index contributed by atoms with van der Waals surface area (Å²) in [5.74, 6) is 1.69. The van der Waals surface area contributed by atoms with Crippen LogP contribution in [-0.2, 0) is 9.53 Å². The van der Waals surface area contributed by atoms with E-state index >= 15 is 0 Å². The predicted molar refractivity (Wildman–Crippen MR) is 140 cm³/mol. The van der Waals surface area contributed by atoms with Gasteiger partial charge in [-0.1, -0.05) is 62.1 Å². The van der Waals surface area contributed by atoms with Crippen molar-refractivity contribution in [1.29, 1.82) is 0 Å². The van der Waals surface area contributed by atoms with Crippen LogP contribution in [-0.4, -0.2) is 25.8 Å². The van der Waals surface area contributed by atoms with E-state index in [1.54, 1.807) is 0 Å². The lowest BCUT2D eigenvalue weighted by Crippen LogP contribution is -2.06. The Morgan fingerprint density at radius 3 is 1.65 bits per heavy atom. The second-order valence-electron chi connectivity index (χ2n) is 8.75. The fourth-order valence-electron chi connectivity index (χ4n) is 3.52. The molecule has 0 aliphatic carbocycles. The summed E-state index contributed by atoms with van der Waals surface area (Å²) in [5, 5.41) is 0.